The van der Waals surface area contributed by atoms with E-state index in [1.807, 2.05) is 17.0 Å². The number of nitrogens with zero attached hydrogens (tertiary/aromatic N) is 1. The van der Waals surface area contributed by atoms with Gasteiger partial charge in [0.1, 0.15) is 17.0 Å². The number of carbonyl (C=O) groups excluding carboxylic acids is 2. The Hall–Kier alpha value is -2.76. The zero-order chi connectivity index (χ0) is 29.8. The third kappa shape index (κ3) is 7.37. The number of aromatic hydroxyl groups is 1. The van der Waals surface area contributed by atoms with Gasteiger partial charge in [0.25, 0.3) is 0 Å². The molecule has 0 radical (unpaired) electrons. The maximum absolute atomic E-state index is 14.2. The van der Waals surface area contributed by atoms with Crippen LogP contribution < -0.4 is 5.32 Å². The third-order valence-electron chi connectivity index (χ3n) is 9.17. The van der Waals surface area contributed by atoms with Crippen molar-refractivity contribution < 1.29 is 19.1 Å². The first-order chi connectivity index (χ1) is 19.3. The Bertz CT molecular complexity index is 1140. The van der Waals surface area contributed by atoms with Gasteiger partial charge < -0.3 is 19.7 Å². The van der Waals surface area contributed by atoms with E-state index in [-0.39, 0.29) is 35.1 Å². The van der Waals surface area contributed by atoms with Crippen molar-refractivity contribution in [2.75, 3.05) is 0 Å². The summed E-state index contributed by atoms with van der Waals surface area (Å²) in [6, 6.07) is 8.04. The van der Waals surface area contributed by atoms with E-state index >= 15 is 0 Å². The van der Waals surface area contributed by atoms with Crippen molar-refractivity contribution >= 4 is 11.8 Å². The molecule has 1 aromatic carbocycles. The molecule has 2 aliphatic rings. The molecule has 6 heteroatoms. The van der Waals surface area contributed by atoms with Crippen LogP contribution >= 0.6 is 0 Å². The molecule has 0 atom stereocenters. The van der Waals surface area contributed by atoms with Gasteiger partial charge in [0.05, 0.1) is 12.8 Å². The maximum Gasteiger partial charge on any atom is 0.246 e. The van der Waals surface area contributed by atoms with E-state index < -0.39 is 5.54 Å². The molecule has 2 N–H and O–H groups in total. The van der Waals surface area contributed by atoms with Gasteiger partial charge in [0.15, 0.2) is 0 Å². The molecular formula is C35H52N2O4. The van der Waals surface area contributed by atoms with E-state index in [0.29, 0.717) is 37.3 Å². The van der Waals surface area contributed by atoms with Crippen LogP contribution in [0.3, 0.4) is 0 Å². The monoisotopic (exact) mass is 564 g/mol. The maximum atomic E-state index is 14.2. The Morgan fingerprint density at radius 2 is 1.54 bits per heavy atom. The summed E-state index contributed by atoms with van der Waals surface area (Å²) in [5.41, 5.74) is 1.50. The standard InChI is InChI=1S/C35H52N2O4/c1-33(2,3)28-22-25(23-29(31(28)39)34(4,5)6)17-18-30(38)37(24-27-16-13-21-41-27)35(19-11-8-12-20-35)32(40)36-26-14-9-7-10-15-26/h13,16,21-23,26,39H,7-12,14-15,17-20,24H2,1-6H3,(H,36,40). The van der Waals surface area contributed by atoms with Gasteiger partial charge in [0.2, 0.25) is 11.8 Å². The van der Waals surface area contributed by atoms with Crippen LogP contribution in [0.5, 0.6) is 5.75 Å². The van der Waals surface area contributed by atoms with Crippen LogP contribution in [0.15, 0.2) is 34.9 Å². The molecule has 226 valence electrons. The summed E-state index contributed by atoms with van der Waals surface area (Å²) in [6.07, 6.45) is 12.3. The SMILES string of the molecule is CC(C)(C)c1cc(CCC(=O)N(Cc2ccco2)C2(C(=O)NC3CCCCC3)CCCCC2)cc(C(C)(C)C)c1O. The van der Waals surface area contributed by atoms with Crippen LogP contribution in [-0.2, 0) is 33.4 Å². The highest BCUT2D eigenvalue weighted by Gasteiger charge is 2.47. The van der Waals surface area contributed by atoms with Gasteiger partial charge in [-0.15, -0.1) is 0 Å². The molecule has 2 saturated carbocycles. The molecule has 0 unspecified atom stereocenters. The van der Waals surface area contributed by atoms with Crippen LogP contribution in [0.4, 0.5) is 0 Å². The van der Waals surface area contributed by atoms with Crippen LogP contribution in [-0.4, -0.2) is 33.4 Å². The zero-order valence-electron chi connectivity index (χ0n) is 26.3. The quantitative estimate of drug-likeness (QED) is 0.344. The van der Waals surface area contributed by atoms with Gasteiger partial charge in [-0.05, 0) is 71.8 Å². The molecule has 41 heavy (non-hydrogen) atoms. The highest BCUT2D eigenvalue weighted by atomic mass is 16.3. The fourth-order valence-electron chi connectivity index (χ4n) is 6.73. The third-order valence-corrected chi connectivity index (χ3v) is 9.17. The minimum Gasteiger partial charge on any atom is -0.507 e. The summed E-state index contributed by atoms with van der Waals surface area (Å²) in [4.78, 5) is 30.2. The summed E-state index contributed by atoms with van der Waals surface area (Å²) in [7, 11) is 0. The number of nitrogens with one attached hydrogen (secondary N) is 1. The molecule has 2 aromatic rings. The number of hydrogen-bond acceptors (Lipinski definition) is 4. The van der Waals surface area contributed by atoms with Crippen molar-refractivity contribution in [2.24, 2.45) is 0 Å². The number of hydrogen-bond donors (Lipinski definition) is 2. The number of phenolic OH excluding ortho intramolecular Hbond substituents is 1. The predicted octanol–water partition coefficient (Wildman–Crippen LogP) is 7.69. The van der Waals surface area contributed by atoms with E-state index in [0.717, 1.165) is 61.6 Å². The average Bonchev–Trinajstić information content (AvgIpc) is 3.44. The molecule has 1 aromatic heterocycles. The highest BCUT2D eigenvalue weighted by Crippen LogP contribution is 2.41. The second-order valence-corrected chi connectivity index (χ2v) is 14.5. The zero-order valence-corrected chi connectivity index (χ0v) is 26.3. The summed E-state index contributed by atoms with van der Waals surface area (Å²) < 4.78 is 5.71. The number of furan rings is 1. The number of rotatable bonds is 8. The van der Waals surface area contributed by atoms with Crippen molar-refractivity contribution in [3.63, 3.8) is 0 Å². The van der Waals surface area contributed by atoms with Crippen molar-refractivity contribution in [1.29, 1.82) is 0 Å². The summed E-state index contributed by atoms with van der Waals surface area (Å²) in [6.45, 7) is 12.9. The Kier molecular flexibility index (Phi) is 9.60. The van der Waals surface area contributed by atoms with Crippen molar-refractivity contribution in [2.45, 2.75) is 148 Å². The minimum absolute atomic E-state index is 0.0127. The van der Waals surface area contributed by atoms with E-state index in [1.54, 1.807) is 6.26 Å². The van der Waals surface area contributed by atoms with Gasteiger partial charge in [0, 0.05) is 12.5 Å². The molecular weight excluding hydrogens is 512 g/mol. The molecule has 0 spiro atoms. The predicted molar refractivity (Wildman–Crippen MR) is 164 cm³/mol. The van der Waals surface area contributed by atoms with Crippen LogP contribution in [0.1, 0.15) is 135 Å². The first kappa shape index (κ1) is 31.2. The van der Waals surface area contributed by atoms with Gasteiger partial charge in [-0.3, -0.25) is 9.59 Å². The Morgan fingerprint density at radius 1 is 0.951 bits per heavy atom. The molecule has 0 saturated heterocycles. The second-order valence-electron chi connectivity index (χ2n) is 14.5. The van der Waals surface area contributed by atoms with Crippen LogP contribution in [0.25, 0.3) is 0 Å². The van der Waals surface area contributed by atoms with E-state index in [2.05, 4.69) is 59.0 Å². The molecule has 0 bridgehead atoms. The number of carbonyl (C=O) groups is 2. The average molecular weight is 565 g/mol. The van der Waals surface area contributed by atoms with Gasteiger partial charge in [-0.2, -0.15) is 0 Å². The van der Waals surface area contributed by atoms with E-state index in [1.165, 1.54) is 6.42 Å². The molecule has 0 aliphatic heterocycles. The number of amides is 2. The van der Waals surface area contributed by atoms with Crippen molar-refractivity contribution in [3.05, 3.63) is 53.0 Å². The molecule has 4 rings (SSSR count). The Labute approximate surface area is 247 Å². The number of phenols is 1. The lowest BCUT2D eigenvalue weighted by Gasteiger charge is -2.45. The fraction of sp³-hybridized carbons (Fsp3) is 0.657. The van der Waals surface area contributed by atoms with Crippen LogP contribution in [0.2, 0.25) is 0 Å². The molecule has 6 nitrogen and oxygen atoms in total. The topological polar surface area (TPSA) is 82.8 Å². The van der Waals surface area contributed by atoms with E-state index in [4.69, 9.17) is 4.42 Å². The Balaban J connectivity index is 1.64. The Morgan fingerprint density at radius 3 is 2.07 bits per heavy atom. The highest BCUT2D eigenvalue weighted by molar-refractivity contribution is 5.92. The normalized spacial score (nSPS) is 18.2. The van der Waals surface area contributed by atoms with Gasteiger partial charge in [-0.1, -0.05) is 92.2 Å². The smallest absolute Gasteiger partial charge is 0.246 e. The van der Waals surface area contributed by atoms with E-state index in [9.17, 15) is 14.7 Å². The van der Waals surface area contributed by atoms with Gasteiger partial charge in [-0.25, -0.2) is 0 Å². The molecule has 1 heterocycles. The first-order valence-electron chi connectivity index (χ1n) is 15.8. The summed E-state index contributed by atoms with van der Waals surface area (Å²) in [5, 5.41) is 14.5. The van der Waals surface area contributed by atoms with Crippen LogP contribution in [0, 0.1) is 0 Å². The van der Waals surface area contributed by atoms with Gasteiger partial charge >= 0.3 is 0 Å². The largest absolute Gasteiger partial charge is 0.507 e. The lowest BCUT2D eigenvalue weighted by molar-refractivity contribution is -0.152. The molecule has 2 aliphatic carbocycles. The lowest BCUT2D eigenvalue weighted by Crippen LogP contribution is -2.62. The molecule has 2 amide bonds. The number of aryl methyl sites for hydroxylation is 1. The minimum atomic E-state index is -0.859. The summed E-state index contributed by atoms with van der Waals surface area (Å²) >= 11 is 0. The molecule has 2 fully saturated rings. The summed E-state index contributed by atoms with van der Waals surface area (Å²) in [5.74, 6) is 1.03. The van der Waals surface area contributed by atoms with Crippen molar-refractivity contribution in [1.82, 2.24) is 10.2 Å². The first-order valence-corrected chi connectivity index (χ1v) is 15.8. The van der Waals surface area contributed by atoms with Crippen molar-refractivity contribution in [3.8, 4) is 5.75 Å². The lowest BCUT2D eigenvalue weighted by atomic mass is 9.77. The second kappa shape index (κ2) is 12.6. The fourth-order valence-corrected chi connectivity index (χ4v) is 6.73. The number of benzene rings is 1.